The van der Waals surface area contributed by atoms with E-state index in [0.29, 0.717) is 5.69 Å². The quantitative estimate of drug-likeness (QED) is 0.857. The van der Waals surface area contributed by atoms with Gasteiger partial charge in [-0.2, -0.15) is 8.75 Å². The summed E-state index contributed by atoms with van der Waals surface area (Å²) < 4.78 is 8.42. The highest BCUT2D eigenvalue weighted by Gasteiger charge is 2.10. The van der Waals surface area contributed by atoms with Gasteiger partial charge in [-0.25, -0.2) is 0 Å². The van der Waals surface area contributed by atoms with E-state index in [4.69, 9.17) is 11.6 Å². The molecule has 4 nitrogen and oxygen atoms in total. The van der Waals surface area contributed by atoms with E-state index in [2.05, 4.69) is 21.0 Å². The molecule has 0 aliphatic rings. The Morgan fingerprint density at radius 1 is 1.44 bits per heavy atom. The van der Waals surface area contributed by atoms with Gasteiger partial charge < -0.3 is 5.32 Å². The van der Waals surface area contributed by atoms with Gasteiger partial charge in [0.15, 0.2) is 0 Å². The van der Waals surface area contributed by atoms with E-state index in [1.807, 2.05) is 12.1 Å². The van der Waals surface area contributed by atoms with Crippen molar-refractivity contribution in [1.82, 2.24) is 8.75 Å². The van der Waals surface area contributed by atoms with Gasteiger partial charge in [-0.05, 0) is 18.1 Å². The number of hydrogen-bond donors (Lipinski definition) is 1. The predicted molar refractivity (Wildman–Crippen MR) is 66.1 cm³/mol. The van der Waals surface area contributed by atoms with Crippen molar-refractivity contribution in [3.05, 3.63) is 17.7 Å². The zero-order valence-corrected chi connectivity index (χ0v) is 10.2. The first kappa shape index (κ1) is 11.3. The molecule has 2 rings (SSSR count). The molecule has 0 saturated heterocycles. The van der Waals surface area contributed by atoms with Crippen molar-refractivity contribution in [2.24, 2.45) is 0 Å². The van der Waals surface area contributed by atoms with Crippen molar-refractivity contribution < 1.29 is 4.79 Å². The van der Waals surface area contributed by atoms with Crippen LogP contribution in [0.2, 0.25) is 0 Å². The van der Waals surface area contributed by atoms with Gasteiger partial charge in [0.1, 0.15) is 16.9 Å². The van der Waals surface area contributed by atoms with Gasteiger partial charge in [-0.3, -0.25) is 4.79 Å². The number of rotatable bonds is 3. The van der Waals surface area contributed by atoms with Crippen LogP contribution in [0.3, 0.4) is 0 Å². The Bertz CT molecular complexity index is 526. The van der Waals surface area contributed by atoms with Crippen LogP contribution in [0.15, 0.2) is 12.1 Å². The molecule has 1 N–H and O–H groups in total. The Balaban J connectivity index is 2.47. The molecule has 0 aliphatic carbocycles. The molecule has 1 aromatic heterocycles. The molecule has 0 unspecified atom stereocenters. The maximum atomic E-state index is 11.2. The fourth-order valence-electron chi connectivity index (χ4n) is 1.49. The number of aromatic nitrogens is 2. The average molecular weight is 256 g/mol. The Hall–Kier alpha value is -1.20. The lowest BCUT2D eigenvalue weighted by molar-refractivity contribution is -0.113. The summed E-state index contributed by atoms with van der Waals surface area (Å²) in [7, 11) is 0. The van der Waals surface area contributed by atoms with E-state index in [1.54, 1.807) is 0 Å². The summed E-state index contributed by atoms with van der Waals surface area (Å²) in [6, 6.07) is 3.79. The summed E-state index contributed by atoms with van der Waals surface area (Å²) in [5.74, 6) is -0.297. The van der Waals surface area contributed by atoms with Gasteiger partial charge in [0.25, 0.3) is 0 Å². The molecule has 1 aromatic carbocycles. The number of anilines is 1. The highest BCUT2D eigenvalue weighted by Crippen LogP contribution is 2.25. The summed E-state index contributed by atoms with van der Waals surface area (Å²) in [5, 5.41) is 2.71. The first-order valence-corrected chi connectivity index (χ1v) is 6.12. The van der Waals surface area contributed by atoms with Gasteiger partial charge in [-0.1, -0.05) is 13.0 Å². The van der Waals surface area contributed by atoms with E-state index in [9.17, 15) is 4.79 Å². The second-order valence-corrected chi connectivity index (χ2v) is 4.06. The lowest BCUT2D eigenvalue weighted by Gasteiger charge is -2.05. The molecule has 0 fully saturated rings. The van der Waals surface area contributed by atoms with Crippen LogP contribution in [0.1, 0.15) is 12.5 Å². The van der Waals surface area contributed by atoms with Crippen LogP contribution < -0.4 is 5.32 Å². The maximum Gasteiger partial charge on any atom is 0.239 e. The molecule has 0 aliphatic heterocycles. The number of aryl methyl sites for hydroxylation is 1. The van der Waals surface area contributed by atoms with Crippen LogP contribution in [0.5, 0.6) is 0 Å². The molecule has 6 heteroatoms. The Morgan fingerprint density at radius 3 is 2.88 bits per heavy atom. The number of halogens is 1. The fraction of sp³-hybridized carbons (Fsp3) is 0.300. The van der Waals surface area contributed by atoms with Crippen LogP contribution in [0, 0.1) is 0 Å². The van der Waals surface area contributed by atoms with Gasteiger partial charge in [0.05, 0.1) is 17.4 Å². The van der Waals surface area contributed by atoms with Crippen molar-refractivity contribution in [1.29, 1.82) is 0 Å². The van der Waals surface area contributed by atoms with Crippen molar-refractivity contribution >= 4 is 46.0 Å². The molecular weight excluding hydrogens is 246 g/mol. The Labute approximate surface area is 102 Å². The largest absolute Gasteiger partial charge is 0.323 e. The zero-order valence-electron chi connectivity index (χ0n) is 8.66. The minimum atomic E-state index is -0.236. The van der Waals surface area contributed by atoms with E-state index in [-0.39, 0.29) is 11.8 Å². The highest BCUT2D eigenvalue weighted by atomic mass is 35.5. The van der Waals surface area contributed by atoms with E-state index >= 15 is 0 Å². The van der Waals surface area contributed by atoms with Gasteiger partial charge >= 0.3 is 0 Å². The number of carbonyl (C=O) groups excluding carboxylic acids is 1. The SMILES string of the molecule is CCc1ccc(NC(=O)CCl)c2nsnc12. The average Bonchev–Trinajstić information content (AvgIpc) is 2.78. The topological polar surface area (TPSA) is 54.9 Å². The van der Waals surface area contributed by atoms with Crippen LogP contribution in [-0.4, -0.2) is 20.5 Å². The molecule has 16 heavy (non-hydrogen) atoms. The fourth-order valence-corrected chi connectivity index (χ4v) is 2.15. The highest BCUT2D eigenvalue weighted by molar-refractivity contribution is 7.00. The standard InChI is InChI=1S/C10H10ClN3OS/c1-2-6-3-4-7(12-8(15)5-11)10-9(6)13-16-14-10/h3-4H,2,5H2,1H3,(H,12,15). The number of benzene rings is 1. The van der Waals surface area contributed by atoms with Crippen molar-refractivity contribution in [3.8, 4) is 0 Å². The molecule has 0 spiro atoms. The van der Waals surface area contributed by atoms with E-state index in [1.165, 1.54) is 0 Å². The van der Waals surface area contributed by atoms with Crippen LogP contribution in [-0.2, 0) is 11.2 Å². The summed E-state index contributed by atoms with van der Waals surface area (Å²) in [4.78, 5) is 11.2. The van der Waals surface area contributed by atoms with E-state index < -0.39 is 0 Å². The summed E-state index contributed by atoms with van der Waals surface area (Å²) in [6.45, 7) is 2.06. The predicted octanol–water partition coefficient (Wildman–Crippen LogP) is 2.43. The Kier molecular flexibility index (Phi) is 3.36. The molecule has 0 radical (unpaired) electrons. The minimum Gasteiger partial charge on any atom is -0.323 e. The number of hydrogen-bond acceptors (Lipinski definition) is 4. The number of nitrogens with one attached hydrogen (secondary N) is 1. The molecule has 1 heterocycles. The number of nitrogens with zero attached hydrogens (tertiary/aromatic N) is 2. The summed E-state index contributed by atoms with van der Waals surface area (Å²) >= 11 is 6.59. The summed E-state index contributed by atoms with van der Waals surface area (Å²) in [5.41, 5.74) is 3.40. The lowest BCUT2D eigenvalue weighted by Crippen LogP contribution is -2.12. The third kappa shape index (κ3) is 2.01. The van der Waals surface area contributed by atoms with Crippen molar-refractivity contribution in [3.63, 3.8) is 0 Å². The minimum absolute atomic E-state index is 0.0609. The van der Waals surface area contributed by atoms with Crippen LogP contribution >= 0.6 is 23.3 Å². The molecular formula is C10H10ClN3OS. The normalized spacial score (nSPS) is 10.6. The summed E-state index contributed by atoms with van der Waals surface area (Å²) in [6.07, 6.45) is 0.894. The monoisotopic (exact) mass is 255 g/mol. The second-order valence-electron chi connectivity index (χ2n) is 3.27. The number of amides is 1. The molecule has 84 valence electrons. The van der Waals surface area contributed by atoms with Crippen molar-refractivity contribution in [2.75, 3.05) is 11.2 Å². The van der Waals surface area contributed by atoms with Crippen molar-refractivity contribution in [2.45, 2.75) is 13.3 Å². The Morgan fingerprint density at radius 2 is 2.19 bits per heavy atom. The second kappa shape index (κ2) is 4.76. The molecule has 2 aromatic rings. The molecule has 1 amide bonds. The van der Waals surface area contributed by atoms with Crippen LogP contribution in [0.25, 0.3) is 11.0 Å². The maximum absolute atomic E-state index is 11.2. The number of alkyl halides is 1. The van der Waals surface area contributed by atoms with Crippen LogP contribution in [0.4, 0.5) is 5.69 Å². The van der Waals surface area contributed by atoms with Gasteiger partial charge in [0.2, 0.25) is 5.91 Å². The third-order valence-corrected chi connectivity index (χ3v) is 3.05. The van der Waals surface area contributed by atoms with E-state index in [0.717, 1.165) is 34.7 Å². The smallest absolute Gasteiger partial charge is 0.239 e. The lowest BCUT2D eigenvalue weighted by atomic mass is 10.1. The molecule has 0 saturated carbocycles. The molecule has 0 bridgehead atoms. The third-order valence-electron chi connectivity index (χ3n) is 2.28. The van der Waals surface area contributed by atoms with Gasteiger partial charge in [-0.15, -0.1) is 11.6 Å². The van der Waals surface area contributed by atoms with Gasteiger partial charge in [0, 0.05) is 0 Å². The molecule has 0 atom stereocenters. The first-order chi connectivity index (χ1) is 7.76. The zero-order chi connectivity index (χ0) is 11.5. The number of fused-ring (bicyclic) bond motifs is 1. The number of carbonyl (C=O) groups is 1. The first-order valence-electron chi connectivity index (χ1n) is 4.86.